The third-order valence-corrected chi connectivity index (χ3v) is 10.3. The number of nitrogens with zero attached hydrogens (tertiary/aromatic N) is 2. The molecule has 0 atom stereocenters. The van der Waals surface area contributed by atoms with Crippen LogP contribution in [0.25, 0.3) is 0 Å². The van der Waals surface area contributed by atoms with Gasteiger partial charge in [-0.05, 0) is 36.8 Å². The summed E-state index contributed by atoms with van der Waals surface area (Å²) in [7, 11) is 0. The molecule has 2 rings (SSSR count). The highest BCUT2D eigenvalue weighted by atomic mass is 79.9. The van der Waals surface area contributed by atoms with Gasteiger partial charge in [-0.1, -0.05) is 155 Å². The van der Waals surface area contributed by atoms with Crippen molar-refractivity contribution >= 4 is 0 Å². The molecule has 2 heterocycles. The van der Waals surface area contributed by atoms with Crippen LogP contribution in [0.15, 0.2) is 49.1 Å². The molecule has 0 aromatic carbocycles. The van der Waals surface area contributed by atoms with Crippen LogP contribution >= 0.6 is 0 Å². The molecule has 0 radical (unpaired) electrons. The van der Waals surface area contributed by atoms with Gasteiger partial charge in [0.25, 0.3) is 0 Å². The molecule has 0 saturated heterocycles. The summed E-state index contributed by atoms with van der Waals surface area (Å²) in [5, 5.41) is 0. The lowest BCUT2D eigenvalue weighted by Gasteiger charge is -2.06. The van der Waals surface area contributed by atoms with E-state index in [2.05, 4.69) is 72.0 Å². The molecule has 0 bridgehead atoms. The summed E-state index contributed by atoms with van der Waals surface area (Å²) >= 11 is 0. The number of hydrogen-bond acceptors (Lipinski definition) is 2. The number of unbranched alkanes of at least 4 members (excludes halogenated alkanes) is 25. The fourth-order valence-electron chi connectivity index (χ4n) is 6.88. The molecule has 0 aliphatic rings. The highest BCUT2D eigenvalue weighted by Crippen LogP contribution is 2.13. The van der Waals surface area contributed by atoms with E-state index in [-0.39, 0.29) is 34.0 Å². The predicted molar refractivity (Wildman–Crippen MR) is 213 cm³/mol. The number of hydrogen-bond donors (Lipinski definition) is 0. The summed E-state index contributed by atoms with van der Waals surface area (Å²) in [6.07, 6.45) is 47.3. The molecule has 6 heteroatoms. The van der Waals surface area contributed by atoms with Crippen LogP contribution in [0, 0.1) is 0 Å². The normalized spacial score (nSPS) is 11.0. The largest absolute Gasteiger partial charge is 1.00 e. The van der Waals surface area contributed by atoms with Crippen molar-refractivity contribution in [3.05, 3.63) is 60.2 Å². The fourth-order valence-corrected chi connectivity index (χ4v) is 6.88. The summed E-state index contributed by atoms with van der Waals surface area (Å²) in [6.45, 7) is 9.99. The van der Waals surface area contributed by atoms with E-state index >= 15 is 0 Å². The molecule has 0 amide bonds. The smallest absolute Gasteiger partial charge is 0.169 e. The standard InChI is InChI=1S/C46H82N2O2.2BrH/c1-3-5-7-9-11-13-15-17-19-21-23-27-35-47-37-31-45(32-38-47)43-49-41-29-25-26-30-42-50-44-46-33-39-48(40-34-46)36-28-24-22-20-18-16-14-12-10-8-6-4-2;;/h31-34,37-40H,3-30,35-36,41-44H2,1-2H3;2*1H/q+2;;/p-2. The summed E-state index contributed by atoms with van der Waals surface area (Å²) in [5.41, 5.74) is 2.56. The first-order valence-electron chi connectivity index (χ1n) is 21.9. The van der Waals surface area contributed by atoms with Crippen molar-refractivity contribution < 1.29 is 52.6 Å². The summed E-state index contributed by atoms with van der Waals surface area (Å²) in [5.74, 6) is 0. The molecular formula is C46H82Br2N2O2. The summed E-state index contributed by atoms with van der Waals surface area (Å²) in [6, 6.07) is 8.90. The van der Waals surface area contributed by atoms with Crippen molar-refractivity contribution in [1.29, 1.82) is 0 Å². The Morgan fingerprint density at radius 2 is 0.596 bits per heavy atom. The topological polar surface area (TPSA) is 26.2 Å². The van der Waals surface area contributed by atoms with Crippen LogP contribution < -0.4 is 43.1 Å². The fraction of sp³-hybridized carbons (Fsp3) is 0.783. The number of rotatable bonds is 37. The van der Waals surface area contributed by atoms with Crippen molar-refractivity contribution in [3.8, 4) is 0 Å². The van der Waals surface area contributed by atoms with Gasteiger partial charge in [-0.25, -0.2) is 9.13 Å². The quantitative estimate of drug-likeness (QED) is 0.0543. The lowest BCUT2D eigenvalue weighted by atomic mass is 10.1. The second kappa shape index (κ2) is 39.9. The molecule has 0 unspecified atom stereocenters. The highest BCUT2D eigenvalue weighted by Gasteiger charge is 2.04. The van der Waals surface area contributed by atoms with E-state index in [4.69, 9.17) is 9.47 Å². The van der Waals surface area contributed by atoms with Gasteiger partial charge in [0, 0.05) is 50.3 Å². The molecule has 0 saturated carbocycles. The van der Waals surface area contributed by atoms with Crippen LogP contribution in [-0.2, 0) is 35.8 Å². The maximum absolute atomic E-state index is 5.96. The lowest BCUT2D eigenvalue weighted by molar-refractivity contribution is -0.697. The molecule has 4 nitrogen and oxygen atoms in total. The second-order valence-electron chi connectivity index (χ2n) is 15.2. The molecule has 0 N–H and O–H groups in total. The van der Waals surface area contributed by atoms with Crippen molar-refractivity contribution in [2.24, 2.45) is 0 Å². The van der Waals surface area contributed by atoms with Gasteiger partial charge in [-0.3, -0.25) is 0 Å². The van der Waals surface area contributed by atoms with Crippen molar-refractivity contribution in [2.75, 3.05) is 13.2 Å². The van der Waals surface area contributed by atoms with E-state index in [1.165, 1.54) is 178 Å². The lowest BCUT2D eigenvalue weighted by Crippen LogP contribution is -3.00. The third-order valence-electron chi connectivity index (χ3n) is 10.3. The molecule has 2 aromatic rings. The van der Waals surface area contributed by atoms with Gasteiger partial charge in [0.05, 0.1) is 13.2 Å². The zero-order valence-electron chi connectivity index (χ0n) is 34.1. The Balaban J connectivity index is 0.0000130. The maximum Gasteiger partial charge on any atom is 0.169 e. The first kappa shape index (κ1) is 51.2. The van der Waals surface area contributed by atoms with Crippen LogP contribution in [0.1, 0.15) is 205 Å². The predicted octanol–water partition coefficient (Wildman–Crippen LogP) is 6.97. The molecular weight excluding hydrogens is 772 g/mol. The first-order valence-corrected chi connectivity index (χ1v) is 21.9. The number of pyridine rings is 2. The van der Waals surface area contributed by atoms with Gasteiger partial charge in [-0.15, -0.1) is 0 Å². The van der Waals surface area contributed by atoms with Gasteiger partial charge < -0.3 is 43.4 Å². The number of aromatic nitrogens is 2. The van der Waals surface area contributed by atoms with Crippen molar-refractivity contribution in [2.45, 2.75) is 220 Å². The Hall–Kier alpha value is -0.820. The summed E-state index contributed by atoms with van der Waals surface area (Å²) in [4.78, 5) is 0. The van der Waals surface area contributed by atoms with E-state index in [9.17, 15) is 0 Å². The van der Waals surface area contributed by atoms with Crippen LogP contribution in [0.5, 0.6) is 0 Å². The Morgan fingerprint density at radius 1 is 0.346 bits per heavy atom. The average Bonchev–Trinajstić information content (AvgIpc) is 3.14. The first-order chi connectivity index (χ1) is 24.8. The van der Waals surface area contributed by atoms with E-state index in [0.29, 0.717) is 0 Å². The van der Waals surface area contributed by atoms with Gasteiger partial charge in [0.2, 0.25) is 0 Å². The van der Waals surface area contributed by atoms with Gasteiger partial charge in [-0.2, -0.15) is 0 Å². The molecule has 0 aliphatic heterocycles. The highest BCUT2D eigenvalue weighted by molar-refractivity contribution is 5.06. The van der Waals surface area contributed by atoms with E-state index in [1.807, 2.05) is 0 Å². The maximum atomic E-state index is 5.96. The van der Waals surface area contributed by atoms with E-state index in [1.54, 1.807) is 0 Å². The van der Waals surface area contributed by atoms with E-state index in [0.717, 1.165) is 52.4 Å². The Bertz CT molecular complexity index is 894. The molecule has 0 fully saturated rings. The monoisotopic (exact) mass is 852 g/mol. The Morgan fingerprint density at radius 3 is 0.885 bits per heavy atom. The summed E-state index contributed by atoms with van der Waals surface area (Å²) < 4.78 is 16.6. The zero-order valence-corrected chi connectivity index (χ0v) is 37.3. The van der Waals surface area contributed by atoms with Crippen molar-refractivity contribution in [1.82, 2.24) is 0 Å². The van der Waals surface area contributed by atoms with E-state index < -0.39 is 0 Å². The van der Waals surface area contributed by atoms with Gasteiger partial charge in [0.15, 0.2) is 24.8 Å². The zero-order chi connectivity index (χ0) is 35.4. The SMILES string of the molecule is CCCCCCCCCCCCCC[n+]1ccc(COCCCCCCOCc2cc[n+](CCCCCCCCCCCCCC)cc2)cc1.[Br-].[Br-]. The minimum atomic E-state index is 0. The Labute approximate surface area is 344 Å². The number of aryl methyl sites for hydroxylation is 2. The molecule has 0 spiro atoms. The van der Waals surface area contributed by atoms with Gasteiger partial charge in [0.1, 0.15) is 13.1 Å². The van der Waals surface area contributed by atoms with Gasteiger partial charge >= 0.3 is 0 Å². The van der Waals surface area contributed by atoms with Crippen LogP contribution in [-0.4, -0.2) is 13.2 Å². The third kappa shape index (κ3) is 31.5. The van der Waals surface area contributed by atoms with Crippen LogP contribution in [0.4, 0.5) is 0 Å². The second-order valence-corrected chi connectivity index (χ2v) is 15.2. The molecule has 52 heavy (non-hydrogen) atoms. The molecule has 302 valence electrons. The average molecular weight is 855 g/mol. The molecule has 2 aromatic heterocycles. The molecule has 0 aliphatic carbocycles. The number of ether oxygens (including phenoxy) is 2. The minimum Gasteiger partial charge on any atom is -1.00 e. The van der Waals surface area contributed by atoms with Crippen LogP contribution in [0.3, 0.4) is 0 Å². The Kier molecular flexibility index (Phi) is 39.2. The minimum absolute atomic E-state index is 0. The van der Waals surface area contributed by atoms with Crippen molar-refractivity contribution in [3.63, 3.8) is 0 Å². The number of halogens is 2. The van der Waals surface area contributed by atoms with Crippen LogP contribution in [0.2, 0.25) is 0 Å².